The Balaban J connectivity index is 1.43. The van der Waals surface area contributed by atoms with E-state index in [1.165, 1.54) is 25.7 Å². The minimum absolute atomic E-state index is 0.528. The first-order valence-electron chi connectivity index (χ1n) is 9.16. The van der Waals surface area contributed by atoms with Crippen LogP contribution in [0.25, 0.3) is 20.2 Å². The molecule has 0 bridgehead atoms. The summed E-state index contributed by atoms with van der Waals surface area (Å²) in [6.45, 7) is 3.04. The number of rotatable bonds is 2. The average Bonchev–Trinajstić information content (AvgIpc) is 3.17. The molecule has 4 heteroatoms. The van der Waals surface area contributed by atoms with Gasteiger partial charge >= 0.3 is 0 Å². The van der Waals surface area contributed by atoms with Gasteiger partial charge in [0.05, 0.1) is 12.2 Å². The Morgan fingerprint density at radius 2 is 1.56 bits per heavy atom. The molecule has 2 aliphatic rings. The highest BCUT2D eigenvalue weighted by Gasteiger charge is 2.41. The summed E-state index contributed by atoms with van der Waals surface area (Å²) in [4.78, 5) is 2.51. The van der Waals surface area contributed by atoms with Gasteiger partial charge in [0.2, 0.25) is 0 Å². The van der Waals surface area contributed by atoms with E-state index in [1.807, 2.05) is 11.3 Å². The molecule has 2 fully saturated rings. The van der Waals surface area contributed by atoms with Gasteiger partial charge in [0, 0.05) is 39.8 Å². The SMILES string of the molecule is O[C@H]1C[C@@H]2CN(Cc3cccc4c3sc3ccccc34)C[C@@H]2C[C@@H]1O. The summed E-state index contributed by atoms with van der Waals surface area (Å²) >= 11 is 1.89. The van der Waals surface area contributed by atoms with Gasteiger partial charge in [-0.3, -0.25) is 4.90 Å². The Kier molecular flexibility index (Phi) is 3.82. The fourth-order valence-corrected chi connectivity index (χ4v) is 6.01. The molecule has 1 aromatic heterocycles. The van der Waals surface area contributed by atoms with Crippen LogP contribution >= 0.6 is 11.3 Å². The van der Waals surface area contributed by atoms with Crippen molar-refractivity contribution in [2.24, 2.45) is 11.8 Å². The molecule has 130 valence electrons. The third-order valence-electron chi connectivity index (χ3n) is 6.06. The molecule has 0 radical (unpaired) electrons. The summed E-state index contributed by atoms with van der Waals surface area (Å²) in [5, 5.41) is 22.6. The topological polar surface area (TPSA) is 43.7 Å². The number of fused-ring (bicyclic) bond motifs is 4. The van der Waals surface area contributed by atoms with Gasteiger partial charge in [-0.25, -0.2) is 0 Å². The molecule has 2 N–H and O–H groups in total. The smallest absolute Gasteiger partial charge is 0.0802 e. The van der Waals surface area contributed by atoms with E-state index in [2.05, 4.69) is 47.4 Å². The molecule has 0 unspecified atom stereocenters. The highest BCUT2D eigenvalue weighted by molar-refractivity contribution is 7.26. The lowest BCUT2D eigenvalue weighted by molar-refractivity contribution is -0.0372. The average molecular weight is 353 g/mol. The molecular formula is C21H23NO2S. The molecule has 2 aromatic carbocycles. The standard InChI is InChI=1S/C21H23NO2S/c23-18-8-14-11-22(12-15(14)9-19(18)24)10-13-4-3-6-17-16-5-1-2-7-20(16)25-21(13)17/h1-7,14-15,18-19,23-24H,8-12H2/t14-,15+,18-,19-/m0/s1. The van der Waals surface area contributed by atoms with Crippen LogP contribution < -0.4 is 0 Å². The van der Waals surface area contributed by atoms with Crippen molar-refractivity contribution < 1.29 is 10.2 Å². The number of thiophene rings is 1. The Labute approximate surface area is 151 Å². The van der Waals surface area contributed by atoms with Crippen LogP contribution in [0.3, 0.4) is 0 Å². The second-order valence-corrected chi connectivity index (χ2v) is 8.76. The van der Waals surface area contributed by atoms with E-state index in [0.717, 1.165) is 32.5 Å². The fourth-order valence-electron chi connectivity index (χ4n) is 4.80. The summed E-state index contributed by atoms with van der Waals surface area (Å²) in [6, 6.07) is 15.3. The van der Waals surface area contributed by atoms with Crippen molar-refractivity contribution in [3.63, 3.8) is 0 Å². The molecule has 1 aliphatic heterocycles. The minimum Gasteiger partial charge on any atom is -0.390 e. The number of aliphatic hydroxyl groups excluding tert-OH is 2. The summed E-state index contributed by atoms with van der Waals surface area (Å²) in [5.41, 5.74) is 1.40. The second-order valence-electron chi connectivity index (χ2n) is 7.71. The Morgan fingerprint density at radius 1 is 0.880 bits per heavy atom. The van der Waals surface area contributed by atoms with Crippen LogP contribution in [-0.4, -0.2) is 40.4 Å². The number of benzene rings is 2. The van der Waals surface area contributed by atoms with E-state index < -0.39 is 12.2 Å². The van der Waals surface area contributed by atoms with Crippen molar-refractivity contribution in [1.29, 1.82) is 0 Å². The maximum atomic E-state index is 9.96. The third kappa shape index (κ3) is 2.68. The van der Waals surface area contributed by atoms with Crippen molar-refractivity contribution in [1.82, 2.24) is 4.90 Å². The first kappa shape index (κ1) is 15.8. The second kappa shape index (κ2) is 6.06. The lowest BCUT2D eigenvalue weighted by Gasteiger charge is -2.32. The van der Waals surface area contributed by atoms with E-state index in [9.17, 15) is 10.2 Å². The molecule has 2 heterocycles. The van der Waals surface area contributed by atoms with Crippen molar-refractivity contribution in [2.75, 3.05) is 13.1 Å². The Morgan fingerprint density at radius 3 is 2.32 bits per heavy atom. The van der Waals surface area contributed by atoms with Gasteiger partial charge in [-0.15, -0.1) is 11.3 Å². The first-order chi connectivity index (χ1) is 12.2. The molecule has 3 aromatic rings. The molecule has 0 spiro atoms. The van der Waals surface area contributed by atoms with E-state index in [0.29, 0.717) is 11.8 Å². The zero-order valence-corrected chi connectivity index (χ0v) is 15.0. The lowest BCUT2D eigenvalue weighted by atomic mass is 9.79. The molecule has 25 heavy (non-hydrogen) atoms. The van der Waals surface area contributed by atoms with E-state index in [4.69, 9.17) is 0 Å². The highest BCUT2D eigenvalue weighted by atomic mass is 32.1. The predicted octanol–water partition coefficient (Wildman–Crippen LogP) is 3.62. The molecule has 3 nitrogen and oxygen atoms in total. The van der Waals surface area contributed by atoms with Crippen LogP contribution in [0.1, 0.15) is 18.4 Å². The van der Waals surface area contributed by atoms with Crippen LogP contribution in [0.2, 0.25) is 0 Å². The van der Waals surface area contributed by atoms with Crippen molar-refractivity contribution in [3.05, 3.63) is 48.0 Å². The molecule has 1 saturated heterocycles. The van der Waals surface area contributed by atoms with Crippen LogP contribution in [0.5, 0.6) is 0 Å². The number of hydrogen-bond acceptors (Lipinski definition) is 4. The van der Waals surface area contributed by atoms with Crippen LogP contribution in [0, 0.1) is 11.8 Å². The van der Waals surface area contributed by atoms with Crippen molar-refractivity contribution in [2.45, 2.75) is 31.6 Å². The van der Waals surface area contributed by atoms with Crippen molar-refractivity contribution in [3.8, 4) is 0 Å². The Hall–Kier alpha value is -1.46. The molecule has 0 amide bonds. The fraction of sp³-hybridized carbons (Fsp3) is 0.429. The van der Waals surface area contributed by atoms with Crippen molar-refractivity contribution >= 4 is 31.5 Å². The quantitative estimate of drug-likeness (QED) is 0.740. The monoisotopic (exact) mass is 353 g/mol. The third-order valence-corrected chi connectivity index (χ3v) is 7.33. The maximum Gasteiger partial charge on any atom is 0.0802 e. The van der Waals surface area contributed by atoms with Gasteiger partial charge < -0.3 is 10.2 Å². The van der Waals surface area contributed by atoms with E-state index in [-0.39, 0.29) is 0 Å². The van der Waals surface area contributed by atoms with E-state index >= 15 is 0 Å². The van der Waals surface area contributed by atoms with Gasteiger partial charge in [-0.2, -0.15) is 0 Å². The van der Waals surface area contributed by atoms with Gasteiger partial charge in [0.25, 0.3) is 0 Å². The molecular weight excluding hydrogens is 330 g/mol. The number of likely N-dealkylation sites (tertiary alicyclic amines) is 1. The summed E-state index contributed by atoms with van der Waals surface area (Å²) in [6.07, 6.45) is 0.421. The molecule has 5 rings (SSSR count). The zero-order valence-electron chi connectivity index (χ0n) is 14.1. The van der Waals surface area contributed by atoms with E-state index in [1.54, 1.807) is 0 Å². The largest absolute Gasteiger partial charge is 0.390 e. The van der Waals surface area contributed by atoms with Crippen LogP contribution in [0.4, 0.5) is 0 Å². The molecule has 1 saturated carbocycles. The van der Waals surface area contributed by atoms with Crippen LogP contribution in [-0.2, 0) is 6.54 Å². The molecule has 4 atom stereocenters. The zero-order chi connectivity index (χ0) is 17.0. The summed E-state index contributed by atoms with van der Waals surface area (Å²) < 4.78 is 2.75. The number of hydrogen-bond donors (Lipinski definition) is 2. The normalized spacial score (nSPS) is 30.2. The van der Waals surface area contributed by atoms with Gasteiger partial charge in [-0.05, 0) is 36.3 Å². The summed E-state index contributed by atoms with van der Waals surface area (Å²) in [5.74, 6) is 1.06. The van der Waals surface area contributed by atoms with Gasteiger partial charge in [0.1, 0.15) is 0 Å². The highest BCUT2D eigenvalue weighted by Crippen LogP contribution is 2.39. The Bertz CT molecular complexity index is 903. The molecule has 1 aliphatic carbocycles. The summed E-state index contributed by atoms with van der Waals surface area (Å²) in [7, 11) is 0. The number of nitrogens with zero attached hydrogens (tertiary/aromatic N) is 1. The predicted molar refractivity (Wildman–Crippen MR) is 103 cm³/mol. The number of aliphatic hydroxyl groups is 2. The first-order valence-corrected chi connectivity index (χ1v) is 9.98. The maximum absolute atomic E-state index is 9.96. The minimum atomic E-state index is -0.535. The van der Waals surface area contributed by atoms with Gasteiger partial charge in [-0.1, -0.05) is 36.4 Å². The lowest BCUT2D eigenvalue weighted by Crippen LogP contribution is -2.38. The van der Waals surface area contributed by atoms with Crippen LogP contribution in [0.15, 0.2) is 42.5 Å². The van der Waals surface area contributed by atoms with Gasteiger partial charge in [0.15, 0.2) is 0 Å².